The number of aromatic carboxylic acids is 1. The maximum Gasteiger partial charge on any atom is 0.335 e. The fraction of sp³-hybridized carbons (Fsp3) is 0.125. The Hall–Kier alpha value is -0.544. The zero-order chi connectivity index (χ0) is 7.56. The summed E-state index contributed by atoms with van der Waals surface area (Å²) in [5, 5.41) is 8.57. The fourth-order valence-electron chi connectivity index (χ4n) is 0.813. The van der Waals surface area contributed by atoms with Crippen molar-refractivity contribution in [2.75, 3.05) is 0 Å². The molecule has 56 valence electrons. The number of carbonyl (C=O) groups is 1. The van der Waals surface area contributed by atoms with Gasteiger partial charge in [0.25, 0.3) is 0 Å². The molecule has 0 aliphatic heterocycles. The van der Waals surface area contributed by atoms with Crippen molar-refractivity contribution in [3.63, 3.8) is 0 Å². The monoisotopic (exact) mass is 162 g/mol. The Morgan fingerprint density at radius 1 is 1.36 bits per heavy atom. The van der Waals surface area contributed by atoms with Gasteiger partial charge in [-0.05, 0) is 18.6 Å². The summed E-state index contributed by atoms with van der Waals surface area (Å²) >= 11 is 0. The third-order valence-electron chi connectivity index (χ3n) is 1.38. The summed E-state index contributed by atoms with van der Waals surface area (Å²) in [5.74, 6) is -0.863. The largest absolute Gasteiger partial charge is 0.478 e. The molecule has 0 radical (unpaired) electrons. The van der Waals surface area contributed by atoms with Crippen molar-refractivity contribution in [2.45, 2.75) is 6.92 Å². The molecule has 11 heavy (non-hydrogen) atoms. The predicted octanol–water partition coefficient (Wildman–Crippen LogP) is 0.777. The standard InChI is InChI=1S/C8H8O2.Mg.2H/c1-6-4-2-3-5-7(6)8(9)10;;;/h2-5H,1H3,(H,9,10);;;. The van der Waals surface area contributed by atoms with E-state index in [0.717, 1.165) is 5.56 Å². The van der Waals surface area contributed by atoms with Crippen LogP contribution in [0.15, 0.2) is 24.3 Å². The Morgan fingerprint density at radius 2 is 1.91 bits per heavy atom. The van der Waals surface area contributed by atoms with Crippen LogP contribution in [-0.2, 0) is 0 Å². The molecule has 0 heterocycles. The van der Waals surface area contributed by atoms with Gasteiger partial charge < -0.3 is 5.11 Å². The van der Waals surface area contributed by atoms with E-state index in [-0.39, 0.29) is 23.1 Å². The van der Waals surface area contributed by atoms with E-state index in [1.165, 1.54) is 0 Å². The fourth-order valence-corrected chi connectivity index (χ4v) is 0.813. The topological polar surface area (TPSA) is 37.3 Å². The van der Waals surface area contributed by atoms with Gasteiger partial charge >= 0.3 is 29.0 Å². The van der Waals surface area contributed by atoms with Crippen LogP contribution >= 0.6 is 0 Å². The van der Waals surface area contributed by atoms with E-state index in [2.05, 4.69) is 0 Å². The molecule has 0 bridgehead atoms. The highest BCUT2D eigenvalue weighted by atomic mass is 24.3. The average molecular weight is 162 g/mol. The third-order valence-corrected chi connectivity index (χ3v) is 1.38. The quantitative estimate of drug-likeness (QED) is 0.620. The van der Waals surface area contributed by atoms with Crippen molar-refractivity contribution in [2.24, 2.45) is 0 Å². The van der Waals surface area contributed by atoms with E-state index in [4.69, 9.17) is 5.11 Å². The normalized spacial score (nSPS) is 8.45. The summed E-state index contributed by atoms with van der Waals surface area (Å²) in [6.07, 6.45) is 0. The lowest BCUT2D eigenvalue weighted by molar-refractivity contribution is 0.0696. The molecular formula is C8H10MgO2. The minimum absolute atomic E-state index is 0. The Kier molecular flexibility index (Phi) is 4.14. The summed E-state index contributed by atoms with van der Waals surface area (Å²) in [6, 6.07) is 6.92. The third kappa shape index (κ3) is 2.52. The molecule has 0 saturated heterocycles. The summed E-state index contributed by atoms with van der Waals surface area (Å²) in [4.78, 5) is 10.4. The lowest BCUT2D eigenvalue weighted by Crippen LogP contribution is -1.97. The molecule has 0 spiro atoms. The van der Waals surface area contributed by atoms with E-state index in [0.29, 0.717) is 5.56 Å². The molecule has 1 rings (SSSR count). The average Bonchev–Trinajstić information content (AvgIpc) is 1.88. The Morgan fingerprint density at radius 3 is 2.27 bits per heavy atom. The predicted molar refractivity (Wildman–Crippen MR) is 46.7 cm³/mol. The summed E-state index contributed by atoms with van der Waals surface area (Å²) < 4.78 is 0. The van der Waals surface area contributed by atoms with E-state index in [1.54, 1.807) is 25.1 Å². The zero-order valence-electron chi connectivity index (χ0n) is 5.66. The maximum absolute atomic E-state index is 10.4. The number of carboxylic acids is 1. The maximum atomic E-state index is 10.4. The number of hydrogen-bond acceptors (Lipinski definition) is 1. The second kappa shape index (κ2) is 4.36. The Bertz CT molecular complexity index is 258. The molecule has 1 N–H and O–H groups in total. The number of hydrogen-bond donors (Lipinski definition) is 1. The lowest BCUT2D eigenvalue weighted by Gasteiger charge is -1.96. The first-order valence-corrected chi connectivity index (χ1v) is 3.01. The van der Waals surface area contributed by atoms with Gasteiger partial charge in [-0.3, -0.25) is 0 Å². The van der Waals surface area contributed by atoms with Gasteiger partial charge in [-0.2, -0.15) is 0 Å². The van der Waals surface area contributed by atoms with Crippen molar-refractivity contribution in [3.8, 4) is 0 Å². The zero-order valence-corrected chi connectivity index (χ0v) is 5.66. The number of aryl methyl sites for hydroxylation is 1. The molecule has 0 atom stereocenters. The van der Waals surface area contributed by atoms with E-state index in [1.807, 2.05) is 6.07 Å². The van der Waals surface area contributed by atoms with Crippen LogP contribution in [0.5, 0.6) is 0 Å². The van der Waals surface area contributed by atoms with Crippen LogP contribution < -0.4 is 0 Å². The Labute approximate surface area is 81.4 Å². The van der Waals surface area contributed by atoms with Crippen LogP contribution in [0.25, 0.3) is 0 Å². The van der Waals surface area contributed by atoms with Gasteiger partial charge in [0.15, 0.2) is 0 Å². The van der Waals surface area contributed by atoms with Crippen LogP contribution in [0.1, 0.15) is 15.9 Å². The van der Waals surface area contributed by atoms with Crippen molar-refractivity contribution < 1.29 is 9.90 Å². The molecule has 1 aromatic rings. The molecule has 0 fully saturated rings. The summed E-state index contributed by atoms with van der Waals surface area (Å²) in [5.41, 5.74) is 1.18. The molecule has 0 saturated carbocycles. The molecule has 0 amide bonds. The lowest BCUT2D eigenvalue weighted by atomic mass is 10.1. The van der Waals surface area contributed by atoms with Gasteiger partial charge in [-0.15, -0.1) is 0 Å². The molecular weight excluding hydrogens is 152 g/mol. The summed E-state index contributed by atoms with van der Waals surface area (Å²) in [7, 11) is 0. The molecule has 3 heteroatoms. The second-order valence-electron chi connectivity index (χ2n) is 2.12. The smallest absolute Gasteiger partial charge is 0.335 e. The summed E-state index contributed by atoms with van der Waals surface area (Å²) in [6.45, 7) is 1.78. The minimum atomic E-state index is -0.863. The first-order chi connectivity index (χ1) is 4.72. The van der Waals surface area contributed by atoms with Crippen LogP contribution in [0, 0.1) is 6.92 Å². The minimum Gasteiger partial charge on any atom is -0.478 e. The Balaban J connectivity index is 0.000001000. The van der Waals surface area contributed by atoms with Crippen molar-refractivity contribution in [1.82, 2.24) is 0 Å². The van der Waals surface area contributed by atoms with Gasteiger partial charge in [0, 0.05) is 0 Å². The highest BCUT2D eigenvalue weighted by Crippen LogP contribution is 2.05. The van der Waals surface area contributed by atoms with Gasteiger partial charge in [0.2, 0.25) is 0 Å². The number of rotatable bonds is 1. The first kappa shape index (κ1) is 10.5. The highest BCUT2D eigenvalue weighted by molar-refractivity contribution is 5.89. The van der Waals surface area contributed by atoms with Gasteiger partial charge in [-0.1, -0.05) is 18.2 Å². The molecule has 2 nitrogen and oxygen atoms in total. The van der Waals surface area contributed by atoms with Crippen LogP contribution in [0.2, 0.25) is 0 Å². The molecule has 0 aromatic heterocycles. The van der Waals surface area contributed by atoms with E-state index in [9.17, 15) is 4.79 Å². The van der Waals surface area contributed by atoms with Crippen molar-refractivity contribution >= 4 is 29.0 Å². The molecule has 0 unspecified atom stereocenters. The first-order valence-electron chi connectivity index (χ1n) is 3.01. The molecule has 0 aliphatic carbocycles. The molecule has 0 aliphatic rings. The number of carboxylic acid groups (broad SMARTS) is 1. The van der Waals surface area contributed by atoms with Crippen molar-refractivity contribution in [1.29, 1.82) is 0 Å². The number of benzene rings is 1. The molecule has 1 aromatic carbocycles. The van der Waals surface area contributed by atoms with E-state index < -0.39 is 5.97 Å². The SMILES string of the molecule is Cc1ccccc1C(=O)O.[MgH2]. The highest BCUT2D eigenvalue weighted by Gasteiger charge is 2.02. The van der Waals surface area contributed by atoms with Crippen molar-refractivity contribution in [3.05, 3.63) is 35.4 Å². The van der Waals surface area contributed by atoms with Crippen LogP contribution in [0.3, 0.4) is 0 Å². The van der Waals surface area contributed by atoms with Gasteiger partial charge in [-0.25, -0.2) is 4.79 Å². The van der Waals surface area contributed by atoms with Gasteiger partial charge in [0.1, 0.15) is 0 Å². The second-order valence-corrected chi connectivity index (χ2v) is 2.12. The van der Waals surface area contributed by atoms with E-state index >= 15 is 0 Å². The van der Waals surface area contributed by atoms with Crippen LogP contribution in [-0.4, -0.2) is 34.1 Å². The van der Waals surface area contributed by atoms with Gasteiger partial charge in [0.05, 0.1) is 5.56 Å². The van der Waals surface area contributed by atoms with Crippen LogP contribution in [0.4, 0.5) is 0 Å².